The number of aliphatic hydroxyl groups excluding tert-OH is 1. The van der Waals surface area contributed by atoms with E-state index in [-0.39, 0.29) is 12.2 Å². The Labute approximate surface area is 86.4 Å². The van der Waals surface area contributed by atoms with Gasteiger partial charge in [-0.3, -0.25) is 4.79 Å². The van der Waals surface area contributed by atoms with E-state index in [1.807, 2.05) is 0 Å². The van der Waals surface area contributed by atoms with Crippen molar-refractivity contribution in [1.29, 1.82) is 0 Å². The van der Waals surface area contributed by atoms with E-state index < -0.39 is 0 Å². The first-order chi connectivity index (χ1) is 7.29. The zero-order chi connectivity index (χ0) is 10.7. The number of nitrogens with zero attached hydrogens (tertiary/aromatic N) is 1. The normalized spacial score (nSPS) is 10.5. The Morgan fingerprint density at radius 3 is 2.67 bits per heavy atom. The van der Waals surface area contributed by atoms with Crippen LogP contribution in [0.4, 0.5) is 0 Å². The molecule has 2 aromatic heterocycles. The second-order valence-electron chi connectivity index (χ2n) is 3.19. The number of hydrogen-bond acceptors (Lipinski definition) is 3. The number of rotatable bonds is 3. The molecule has 4 nitrogen and oxygen atoms in total. The van der Waals surface area contributed by atoms with Gasteiger partial charge in [-0.25, -0.2) is 0 Å². The molecule has 0 aliphatic rings. The monoisotopic (exact) mass is 205 g/mol. The highest BCUT2D eigenvalue weighted by molar-refractivity contribution is 5.07. The Bertz CT molecular complexity index is 498. The van der Waals surface area contributed by atoms with Crippen LogP contribution in [0.2, 0.25) is 0 Å². The van der Waals surface area contributed by atoms with Crippen molar-refractivity contribution in [3.63, 3.8) is 0 Å². The van der Waals surface area contributed by atoms with Crippen molar-refractivity contribution in [2.24, 2.45) is 0 Å². The standard InChI is InChI=1S/C11H11NO3/c13-8-10-5-4-9(15-10)7-12-6-2-1-3-11(12)14/h1-6,13H,7-8H2. The summed E-state index contributed by atoms with van der Waals surface area (Å²) in [5.74, 6) is 1.17. The average molecular weight is 205 g/mol. The van der Waals surface area contributed by atoms with E-state index in [4.69, 9.17) is 9.52 Å². The summed E-state index contributed by atoms with van der Waals surface area (Å²) in [6, 6.07) is 8.43. The summed E-state index contributed by atoms with van der Waals surface area (Å²) in [6.07, 6.45) is 1.70. The van der Waals surface area contributed by atoms with E-state index in [1.54, 1.807) is 35.0 Å². The fourth-order valence-electron chi connectivity index (χ4n) is 1.35. The van der Waals surface area contributed by atoms with Gasteiger partial charge >= 0.3 is 0 Å². The minimum absolute atomic E-state index is 0.0700. The summed E-state index contributed by atoms with van der Waals surface area (Å²) < 4.78 is 6.82. The van der Waals surface area contributed by atoms with Gasteiger partial charge in [-0.1, -0.05) is 6.07 Å². The van der Waals surface area contributed by atoms with Crippen LogP contribution in [-0.4, -0.2) is 9.67 Å². The molecule has 0 spiro atoms. The van der Waals surface area contributed by atoms with E-state index in [1.165, 1.54) is 6.07 Å². The number of hydrogen-bond donors (Lipinski definition) is 1. The lowest BCUT2D eigenvalue weighted by molar-refractivity contribution is 0.243. The second kappa shape index (κ2) is 4.14. The summed E-state index contributed by atoms with van der Waals surface area (Å²) >= 11 is 0. The van der Waals surface area contributed by atoms with Gasteiger partial charge < -0.3 is 14.1 Å². The van der Waals surface area contributed by atoms with Gasteiger partial charge in [0.2, 0.25) is 0 Å². The number of aromatic nitrogens is 1. The van der Waals surface area contributed by atoms with Gasteiger partial charge in [0.25, 0.3) is 5.56 Å². The van der Waals surface area contributed by atoms with E-state index in [0.29, 0.717) is 18.1 Å². The summed E-state index contributed by atoms with van der Waals surface area (Å²) in [5, 5.41) is 8.81. The lowest BCUT2D eigenvalue weighted by atomic mass is 10.4. The van der Waals surface area contributed by atoms with E-state index in [0.717, 1.165) is 0 Å². The second-order valence-corrected chi connectivity index (χ2v) is 3.19. The van der Waals surface area contributed by atoms with Crippen LogP contribution in [0, 0.1) is 0 Å². The van der Waals surface area contributed by atoms with Crippen LogP contribution >= 0.6 is 0 Å². The number of aliphatic hydroxyl groups is 1. The average Bonchev–Trinajstić information content (AvgIpc) is 2.69. The fourth-order valence-corrected chi connectivity index (χ4v) is 1.35. The highest BCUT2D eigenvalue weighted by atomic mass is 16.4. The first-order valence-electron chi connectivity index (χ1n) is 4.63. The molecule has 2 aromatic rings. The van der Waals surface area contributed by atoms with Gasteiger partial charge in [0.15, 0.2) is 0 Å². The van der Waals surface area contributed by atoms with Gasteiger partial charge in [0.05, 0.1) is 6.54 Å². The molecule has 0 saturated heterocycles. The predicted octanol–water partition coefficient (Wildman–Crippen LogP) is 0.982. The maximum atomic E-state index is 11.4. The molecule has 1 N–H and O–H groups in total. The first kappa shape index (κ1) is 9.73. The molecule has 0 aromatic carbocycles. The molecule has 0 radical (unpaired) electrons. The van der Waals surface area contributed by atoms with Gasteiger partial charge in [-0.15, -0.1) is 0 Å². The lowest BCUT2D eigenvalue weighted by Crippen LogP contribution is -2.17. The van der Waals surface area contributed by atoms with Crippen molar-refractivity contribution in [1.82, 2.24) is 4.57 Å². The molecule has 0 fully saturated rings. The van der Waals surface area contributed by atoms with E-state index in [2.05, 4.69) is 0 Å². The van der Waals surface area contributed by atoms with E-state index in [9.17, 15) is 4.79 Å². The molecule has 4 heteroatoms. The van der Waals surface area contributed by atoms with Crippen LogP contribution in [0.3, 0.4) is 0 Å². The highest BCUT2D eigenvalue weighted by Crippen LogP contribution is 2.08. The minimum Gasteiger partial charge on any atom is -0.462 e. The molecule has 0 unspecified atom stereocenters. The molecule has 0 amide bonds. The van der Waals surface area contributed by atoms with Crippen LogP contribution in [0.25, 0.3) is 0 Å². The lowest BCUT2D eigenvalue weighted by Gasteiger charge is -2.01. The maximum Gasteiger partial charge on any atom is 0.250 e. The van der Waals surface area contributed by atoms with Crippen molar-refractivity contribution in [2.45, 2.75) is 13.2 Å². The topological polar surface area (TPSA) is 55.4 Å². The van der Waals surface area contributed by atoms with Crippen LogP contribution in [-0.2, 0) is 13.2 Å². The third-order valence-electron chi connectivity index (χ3n) is 2.10. The molecule has 0 bridgehead atoms. The van der Waals surface area contributed by atoms with Crippen LogP contribution in [0.15, 0.2) is 45.7 Å². The third-order valence-corrected chi connectivity index (χ3v) is 2.10. The molecular formula is C11H11NO3. The van der Waals surface area contributed by atoms with Crippen molar-refractivity contribution in [3.8, 4) is 0 Å². The molecular weight excluding hydrogens is 194 g/mol. The summed E-state index contributed by atoms with van der Waals surface area (Å²) in [7, 11) is 0. The first-order valence-corrected chi connectivity index (χ1v) is 4.63. The van der Waals surface area contributed by atoms with Crippen LogP contribution in [0.5, 0.6) is 0 Å². The SMILES string of the molecule is O=c1ccccn1Cc1ccc(CO)o1. The molecule has 2 rings (SSSR count). The van der Waals surface area contributed by atoms with Crippen molar-refractivity contribution < 1.29 is 9.52 Å². The zero-order valence-corrected chi connectivity index (χ0v) is 8.09. The Kier molecular flexibility index (Phi) is 2.69. The summed E-state index contributed by atoms with van der Waals surface area (Å²) in [4.78, 5) is 11.4. The molecule has 0 saturated carbocycles. The number of furan rings is 1. The molecule has 78 valence electrons. The third kappa shape index (κ3) is 2.16. The van der Waals surface area contributed by atoms with E-state index >= 15 is 0 Å². The van der Waals surface area contributed by atoms with Gasteiger partial charge in [0.1, 0.15) is 18.1 Å². The predicted molar refractivity (Wildman–Crippen MR) is 54.4 cm³/mol. The summed E-state index contributed by atoms with van der Waals surface area (Å²) in [6.45, 7) is 0.267. The molecule has 0 aliphatic heterocycles. The van der Waals surface area contributed by atoms with Gasteiger partial charge in [-0.05, 0) is 18.2 Å². The number of pyridine rings is 1. The minimum atomic E-state index is -0.121. The quantitative estimate of drug-likeness (QED) is 0.812. The Hall–Kier alpha value is -1.81. The van der Waals surface area contributed by atoms with Crippen LogP contribution < -0.4 is 5.56 Å². The Morgan fingerprint density at radius 2 is 2.00 bits per heavy atom. The Morgan fingerprint density at radius 1 is 1.20 bits per heavy atom. The zero-order valence-electron chi connectivity index (χ0n) is 8.09. The highest BCUT2D eigenvalue weighted by Gasteiger charge is 2.02. The van der Waals surface area contributed by atoms with Crippen molar-refractivity contribution >= 4 is 0 Å². The molecule has 2 heterocycles. The van der Waals surface area contributed by atoms with Crippen molar-refractivity contribution in [3.05, 3.63) is 58.4 Å². The summed E-state index contributed by atoms with van der Waals surface area (Å²) in [5.41, 5.74) is -0.0700. The fraction of sp³-hybridized carbons (Fsp3) is 0.182. The Balaban J connectivity index is 2.22. The van der Waals surface area contributed by atoms with Gasteiger partial charge in [-0.2, -0.15) is 0 Å². The maximum absolute atomic E-state index is 11.4. The largest absolute Gasteiger partial charge is 0.462 e. The van der Waals surface area contributed by atoms with Crippen molar-refractivity contribution in [2.75, 3.05) is 0 Å². The molecule has 0 atom stereocenters. The molecule has 0 aliphatic carbocycles. The molecule has 15 heavy (non-hydrogen) atoms. The van der Waals surface area contributed by atoms with Crippen LogP contribution in [0.1, 0.15) is 11.5 Å². The smallest absolute Gasteiger partial charge is 0.250 e. The van der Waals surface area contributed by atoms with Gasteiger partial charge in [0, 0.05) is 12.3 Å².